The number of likely N-dealkylation sites (tertiary alicyclic amines) is 1. The normalized spacial score (nSPS) is 15.1. The van der Waals surface area contributed by atoms with Crippen LogP contribution in [0.2, 0.25) is 0 Å². The number of nitrogens with one attached hydrogen (secondary N) is 2. The summed E-state index contributed by atoms with van der Waals surface area (Å²) in [7, 11) is 2.12. The zero-order chi connectivity index (χ0) is 23.8. The van der Waals surface area contributed by atoms with Gasteiger partial charge in [-0.2, -0.15) is 0 Å². The van der Waals surface area contributed by atoms with Crippen molar-refractivity contribution in [1.82, 2.24) is 14.8 Å². The number of fused-ring (bicyclic) bond motifs is 2. The van der Waals surface area contributed by atoms with Gasteiger partial charge >= 0.3 is 0 Å². The van der Waals surface area contributed by atoms with Crippen LogP contribution in [0.25, 0.3) is 21.7 Å². The van der Waals surface area contributed by atoms with Gasteiger partial charge in [0, 0.05) is 29.1 Å². The molecule has 6 nitrogen and oxygen atoms in total. The molecule has 1 fully saturated rings. The Morgan fingerprint density at radius 2 is 1.82 bits per heavy atom. The van der Waals surface area contributed by atoms with Crippen LogP contribution in [0.4, 0.5) is 0 Å². The van der Waals surface area contributed by atoms with Crippen LogP contribution in [-0.2, 0) is 6.54 Å². The standard InChI is InChI=1S/C28H31N5O/c1-18-13-19-5-3-4-6-24(19)22(14-18)17-33-25-16-21(27(29)30)8-7-20(25)15-26(33)28(34)31-23-9-11-32(2)12-10-23/h3-8,13-16,23H,9-12,17H2,1-2H3,(H3,29,30)(H,31,34). The first-order valence-corrected chi connectivity index (χ1v) is 11.8. The number of aromatic nitrogens is 1. The molecule has 0 radical (unpaired) electrons. The van der Waals surface area contributed by atoms with E-state index in [1.165, 1.54) is 16.3 Å². The van der Waals surface area contributed by atoms with Crippen molar-refractivity contribution in [3.05, 3.63) is 83.0 Å². The number of amidine groups is 1. The van der Waals surface area contributed by atoms with E-state index >= 15 is 0 Å². The molecule has 1 aromatic heterocycles. The average Bonchev–Trinajstić information content (AvgIpc) is 3.18. The minimum atomic E-state index is -0.0490. The van der Waals surface area contributed by atoms with E-state index < -0.39 is 0 Å². The van der Waals surface area contributed by atoms with Crippen LogP contribution in [0.1, 0.15) is 40.0 Å². The first kappa shape index (κ1) is 22.2. The molecule has 34 heavy (non-hydrogen) atoms. The Morgan fingerprint density at radius 3 is 2.59 bits per heavy atom. The lowest BCUT2D eigenvalue weighted by atomic mass is 10.0. The van der Waals surface area contributed by atoms with Gasteiger partial charge in [0.1, 0.15) is 11.5 Å². The highest BCUT2D eigenvalue weighted by atomic mass is 16.2. The van der Waals surface area contributed by atoms with Crippen LogP contribution in [0.5, 0.6) is 0 Å². The number of nitrogens with zero attached hydrogens (tertiary/aromatic N) is 2. The molecule has 0 unspecified atom stereocenters. The van der Waals surface area contributed by atoms with Gasteiger partial charge in [-0.3, -0.25) is 10.2 Å². The minimum Gasteiger partial charge on any atom is -0.384 e. The molecule has 1 aliphatic rings. The summed E-state index contributed by atoms with van der Waals surface area (Å²) in [6, 6.07) is 20.6. The SMILES string of the molecule is Cc1cc(Cn2c(C(=O)NC3CCN(C)CC3)cc3ccc(C(=N)N)cc32)c2ccccc2c1. The van der Waals surface area contributed by atoms with E-state index in [1.807, 2.05) is 24.3 Å². The summed E-state index contributed by atoms with van der Waals surface area (Å²) in [6.45, 7) is 4.64. The molecule has 0 atom stereocenters. The van der Waals surface area contributed by atoms with Crippen molar-refractivity contribution >= 4 is 33.4 Å². The third-order valence-corrected chi connectivity index (χ3v) is 6.92. The zero-order valence-electron chi connectivity index (χ0n) is 19.8. The predicted octanol–water partition coefficient (Wildman–Crippen LogP) is 4.26. The fraction of sp³-hybridized carbons (Fsp3) is 0.286. The molecule has 0 saturated carbocycles. The number of rotatable bonds is 5. The van der Waals surface area contributed by atoms with E-state index in [-0.39, 0.29) is 17.8 Å². The Bertz CT molecular complexity index is 1390. The topological polar surface area (TPSA) is 87.1 Å². The van der Waals surface area contributed by atoms with Crippen LogP contribution < -0.4 is 11.1 Å². The van der Waals surface area contributed by atoms with Crippen LogP contribution in [0, 0.1) is 12.3 Å². The molecule has 4 N–H and O–H groups in total. The van der Waals surface area contributed by atoms with Gasteiger partial charge in [-0.15, -0.1) is 0 Å². The lowest BCUT2D eigenvalue weighted by Crippen LogP contribution is -2.43. The molecule has 2 heterocycles. The van der Waals surface area contributed by atoms with Crippen molar-refractivity contribution in [1.29, 1.82) is 5.41 Å². The van der Waals surface area contributed by atoms with Crippen molar-refractivity contribution < 1.29 is 4.79 Å². The fourth-order valence-corrected chi connectivity index (χ4v) is 5.05. The number of carbonyl (C=O) groups is 1. The lowest BCUT2D eigenvalue weighted by molar-refractivity contribution is 0.0908. The number of piperidine rings is 1. The fourth-order valence-electron chi connectivity index (χ4n) is 5.05. The maximum absolute atomic E-state index is 13.5. The van der Waals surface area contributed by atoms with E-state index in [2.05, 4.69) is 65.2 Å². The Hall–Kier alpha value is -3.64. The summed E-state index contributed by atoms with van der Waals surface area (Å²) in [5, 5.41) is 14.5. The summed E-state index contributed by atoms with van der Waals surface area (Å²) in [6.07, 6.45) is 1.92. The van der Waals surface area contributed by atoms with Crippen LogP contribution in [-0.4, -0.2) is 47.4 Å². The summed E-state index contributed by atoms with van der Waals surface area (Å²) < 4.78 is 2.08. The monoisotopic (exact) mass is 453 g/mol. The quantitative estimate of drug-likeness (QED) is 0.312. The predicted molar refractivity (Wildman–Crippen MR) is 139 cm³/mol. The number of nitrogen functional groups attached to an aromatic ring is 1. The van der Waals surface area contributed by atoms with Crippen molar-refractivity contribution in [3.63, 3.8) is 0 Å². The molecule has 5 rings (SSSR count). The molecule has 3 aromatic carbocycles. The van der Waals surface area contributed by atoms with E-state index in [0.717, 1.165) is 42.4 Å². The largest absolute Gasteiger partial charge is 0.384 e. The summed E-state index contributed by atoms with van der Waals surface area (Å²) >= 11 is 0. The molecule has 1 amide bonds. The Labute approximate surface area is 199 Å². The molecule has 1 aliphatic heterocycles. The highest BCUT2D eigenvalue weighted by Crippen LogP contribution is 2.27. The zero-order valence-corrected chi connectivity index (χ0v) is 19.8. The summed E-state index contributed by atoms with van der Waals surface area (Å²) in [5.74, 6) is -0.0277. The van der Waals surface area contributed by atoms with Crippen LogP contribution in [0.3, 0.4) is 0 Å². The first-order valence-electron chi connectivity index (χ1n) is 11.8. The van der Waals surface area contributed by atoms with E-state index in [4.69, 9.17) is 11.1 Å². The third kappa shape index (κ3) is 4.29. The maximum atomic E-state index is 13.5. The van der Waals surface area contributed by atoms with Crippen LogP contribution >= 0.6 is 0 Å². The van der Waals surface area contributed by atoms with E-state index in [0.29, 0.717) is 17.8 Å². The third-order valence-electron chi connectivity index (χ3n) is 6.92. The van der Waals surface area contributed by atoms with Gasteiger partial charge in [0.15, 0.2) is 0 Å². The summed E-state index contributed by atoms with van der Waals surface area (Å²) in [5.41, 5.74) is 10.3. The molecule has 6 heteroatoms. The number of hydrogen-bond donors (Lipinski definition) is 3. The van der Waals surface area contributed by atoms with Crippen LogP contribution in [0.15, 0.2) is 60.7 Å². The Kier molecular flexibility index (Phi) is 5.84. The lowest BCUT2D eigenvalue weighted by Gasteiger charge is -2.29. The number of nitrogens with two attached hydrogens (primary N) is 1. The van der Waals surface area contributed by atoms with Gasteiger partial charge in [-0.25, -0.2) is 0 Å². The van der Waals surface area contributed by atoms with E-state index in [9.17, 15) is 4.79 Å². The number of carbonyl (C=O) groups excluding carboxylic acids is 1. The van der Waals surface area contributed by atoms with Gasteiger partial charge in [-0.05, 0) is 68.4 Å². The Morgan fingerprint density at radius 1 is 1.06 bits per heavy atom. The van der Waals surface area contributed by atoms with E-state index in [1.54, 1.807) is 0 Å². The average molecular weight is 454 g/mol. The molecule has 4 aromatic rings. The number of hydrogen-bond acceptors (Lipinski definition) is 3. The van der Waals surface area contributed by atoms with Gasteiger partial charge in [0.05, 0.1) is 0 Å². The molecular formula is C28H31N5O. The number of aryl methyl sites for hydroxylation is 1. The first-order chi connectivity index (χ1) is 16.4. The molecule has 0 bridgehead atoms. The molecule has 174 valence electrons. The molecule has 0 spiro atoms. The molecular weight excluding hydrogens is 422 g/mol. The summed E-state index contributed by atoms with van der Waals surface area (Å²) in [4.78, 5) is 15.8. The number of amides is 1. The maximum Gasteiger partial charge on any atom is 0.268 e. The van der Waals surface area contributed by atoms with Crippen molar-refractivity contribution in [2.45, 2.75) is 32.4 Å². The second-order valence-electron chi connectivity index (χ2n) is 9.50. The molecule has 0 aliphatic carbocycles. The Balaban J connectivity index is 1.59. The smallest absolute Gasteiger partial charge is 0.268 e. The second-order valence-corrected chi connectivity index (χ2v) is 9.50. The van der Waals surface area contributed by atoms with Crippen molar-refractivity contribution in [2.24, 2.45) is 5.73 Å². The van der Waals surface area contributed by atoms with Gasteiger partial charge < -0.3 is 20.5 Å². The van der Waals surface area contributed by atoms with Crippen molar-refractivity contribution in [2.75, 3.05) is 20.1 Å². The minimum absolute atomic E-state index is 0.0213. The number of benzene rings is 3. The highest BCUT2D eigenvalue weighted by molar-refractivity contribution is 6.02. The van der Waals surface area contributed by atoms with Gasteiger partial charge in [0.25, 0.3) is 5.91 Å². The van der Waals surface area contributed by atoms with Crippen molar-refractivity contribution in [3.8, 4) is 0 Å². The van der Waals surface area contributed by atoms with Gasteiger partial charge in [-0.1, -0.05) is 54.1 Å². The highest BCUT2D eigenvalue weighted by Gasteiger charge is 2.22. The molecule has 1 saturated heterocycles. The van der Waals surface area contributed by atoms with Gasteiger partial charge in [0.2, 0.25) is 0 Å². The second kappa shape index (κ2) is 8.95.